The highest BCUT2D eigenvalue weighted by Gasteiger charge is 2.36. The molecule has 76 valence electrons. The predicted molar refractivity (Wildman–Crippen MR) is 56.1 cm³/mol. The Morgan fingerprint density at radius 2 is 2.33 bits per heavy atom. The molecule has 0 N–H and O–H groups in total. The molecule has 0 amide bonds. The van der Waals surface area contributed by atoms with Gasteiger partial charge in [-0.25, -0.2) is 4.40 Å². The van der Waals surface area contributed by atoms with Crippen LogP contribution in [0.25, 0.3) is 5.65 Å². The van der Waals surface area contributed by atoms with E-state index in [9.17, 15) is 0 Å². The molecule has 0 radical (unpaired) electrons. The number of pyridine rings is 1. The first-order valence-electron chi connectivity index (χ1n) is 5.10. The van der Waals surface area contributed by atoms with Crippen LogP contribution in [0.15, 0.2) is 49.1 Å². The summed E-state index contributed by atoms with van der Waals surface area (Å²) in [5.74, 6) is 0. The Balaban J connectivity index is 2.19. The standard InChI is InChI=1S/C12H13N2O/c1-12(6-4-10-15-12)14-9-8-13-7-3-2-5-11(13)14/h2-5,7-10H,6H2,1H3/q+1. The summed E-state index contributed by atoms with van der Waals surface area (Å²) in [5.41, 5.74) is 0.875. The first-order chi connectivity index (χ1) is 7.30. The van der Waals surface area contributed by atoms with E-state index in [0.717, 1.165) is 12.1 Å². The van der Waals surface area contributed by atoms with E-state index in [4.69, 9.17) is 4.74 Å². The molecule has 1 aliphatic heterocycles. The summed E-state index contributed by atoms with van der Waals surface area (Å²) in [7, 11) is 0. The fourth-order valence-corrected chi connectivity index (χ4v) is 2.06. The SMILES string of the molecule is CC1([n+]2ccn3ccccc32)CC=CO1. The summed E-state index contributed by atoms with van der Waals surface area (Å²) in [6.07, 6.45) is 10.9. The first kappa shape index (κ1) is 8.53. The number of imidazole rings is 1. The summed E-state index contributed by atoms with van der Waals surface area (Å²) < 4.78 is 9.91. The van der Waals surface area contributed by atoms with Gasteiger partial charge < -0.3 is 4.74 Å². The van der Waals surface area contributed by atoms with E-state index < -0.39 is 0 Å². The van der Waals surface area contributed by atoms with Crippen LogP contribution in [0.2, 0.25) is 0 Å². The van der Waals surface area contributed by atoms with E-state index in [-0.39, 0.29) is 5.72 Å². The van der Waals surface area contributed by atoms with Crippen molar-refractivity contribution in [2.45, 2.75) is 19.1 Å². The van der Waals surface area contributed by atoms with Gasteiger partial charge in [-0.3, -0.25) is 0 Å². The Morgan fingerprint density at radius 1 is 1.40 bits per heavy atom. The van der Waals surface area contributed by atoms with E-state index >= 15 is 0 Å². The number of fused-ring (bicyclic) bond motifs is 1. The molecule has 0 saturated carbocycles. The van der Waals surface area contributed by atoms with Crippen molar-refractivity contribution >= 4 is 5.65 Å². The lowest BCUT2D eigenvalue weighted by molar-refractivity contribution is -0.777. The minimum absolute atomic E-state index is 0.268. The van der Waals surface area contributed by atoms with E-state index in [2.05, 4.69) is 34.2 Å². The molecule has 1 atom stereocenters. The molecule has 0 bridgehead atoms. The van der Waals surface area contributed by atoms with Crippen LogP contribution in [-0.4, -0.2) is 4.40 Å². The number of hydrogen-bond donors (Lipinski definition) is 0. The number of hydrogen-bond acceptors (Lipinski definition) is 1. The minimum Gasteiger partial charge on any atom is -0.457 e. The van der Waals surface area contributed by atoms with E-state index in [1.807, 2.05) is 24.5 Å². The van der Waals surface area contributed by atoms with Gasteiger partial charge in [0.25, 0.3) is 11.4 Å². The first-order valence-corrected chi connectivity index (χ1v) is 5.10. The molecular formula is C12H13N2O+. The molecule has 0 aromatic carbocycles. The second-order valence-electron chi connectivity index (χ2n) is 4.00. The van der Waals surface area contributed by atoms with Crippen molar-refractivity contribution in [3.63, 3.8) is 0 Å². The summed E-state index contributed by atoms with van der Waals surface area (Å²) in [6, 6.07) is 6.15. The van der Waals surface area contributed by atoms with Crippen molar-refractivity contribution in [2.75, 3.05) is 0 Å². The molecule has 2 aromatic heterocycles. The average Bonchev–Trinajstić information content (AvgIpc) is 2.84. The van der Waals surface area contributed by atoms with Crippen LogP contribution in [0.5, 0.6) is 0 Å². The van der Waals surface area contributed by atoms with Gasteiger partial charge in [0.1, 0.15) is 12.4 Å². The molecule has 3 nitrogen and oxygen atoms in total. The van der Waals surface area contributed by atoms with E-state index in [0.29, 0.717) is 0 Å². The molecule has 1 unspecified atom stereocenters. The number of ether oxygens (including phenoxy) is 1. The molecule has 0 aliphatic carbocycles. The predicted octanol–water partition coefficient (Wildman–Crippen LogP) is 1.83. The molecule has 15 heavy (non-hydrogen) atoms. The van der Waals surface area contributed by atoms with Gasteiger partial charge in [-0.1, -0.05) is 6.07 Å². The fraction of sp³-hybridized carbons (Fsp3) is 0.250. The number of aromatic nitrogens is 2. The van der Waals surface area contributed by atoms with Crippen LogP contribution < -0.4 is 4.57 Å². The monoisotopic (exact) mass is 201 g/mol. The second kappa shape index (κ2) is 2.86. The van der Waals surface area contributed by atoms with Gasteiger partial charge in [-0.15, -0.1) is 0 Å². The van der Waals surface area contributed by atoms with Gasteiger partial charge in [0.15, 0.2) is 0 Å². The third kappa shape index (κ3) is 1.16. The second-order valence-corrected chi connectivity index (χ2v) is 4.00. The summed E-state index contributed by atoms with van der Waals surface area (Å²) >= 11 is 0. The number of rotatable bonds is 1. The molecule has 0 spiro atoms. The maximum Gasteiger partial charge on any atom is 0.289 e. The zero-order chi connectivity index (χ0) is 10.3. The van der Waals surface area contributed by atoms with Crippen LogP contribution in [-0.2, 0) is 10.5 Å². The van der Waals surface area contributed by atoms with Crippen LogP contribution in [0.4, 0.5) is 0 Å². The third-order valence-corrected chi connectivity index (χ3v) is 2.92. The molecule has 3 heterocycles. The Kier molecular flexibility index (Phi) is 1.63. The quantitative estimate of drug-likeness (QED) is 0.643. The Morgan fingerprint density at radius 3 is 3.13 bits per heavy atom. The van der Waals surface area contributed by atoms with Gasteiger partial charge in [-0.2, -0.15) is 4.57 Å². The lowest BCUT2D eigenvalue weighted by Gasteiger charge is -2.20. The summed E-state index contributed by atoms with van der Waals surface area (Å²) in [5, 5.41) is 0. The lowest BCUT2D eigenvalue weighted by atomic mass is 10.2. The van der Waals surface area contributed by atoms with Crippen molar-refractivity contribution in [2.24, 2.45) is 0 Å². The van der Waals surface area contributed by atoms with Gasteiger partial charge >= 0.3 is 0 Å². The zero-order valence-electron chi connectivity index (χ0n) is 8.63. The Hall–Kier alpha value is -1.77. The van der Waals surface area contributed by atoms with Crippen LogP contribution >= 0.6 is 0 Å². The lowest BCUT2D eigenvalue weighted by Crippen LogP contribution is -2.53. The molecule has 3 heteroatoms. The zero-order valence-corrected chi connectivity index (χ0v) is 8.63. The molecule has 2 aromatic rings. The van der Waals surface area contributed by atoms with Gasteiger partial charge in [0.05, 0.1) is 12.5 Å². The molecule has 0 fully saturated rings. The molecule has 0 saturated heterocycles. The van der Waals surface area contributed by atoms with Crippen molar-refractivity contribution < 1.29 is 9.30 Å². The highest BCUT2D eigenvalue weighted by molar-refractivity contribution is 5.31. The van der Waals surface area contributed by atoms with Crippen molar-refractivity contribution in [1.29, 1.82) is 0 Å². The average molecular weight is 201 g/mol. The fourth-order valence-electron chi connectivity index (χ4n) is 2.06. The van der Waals surface area contributed by atoms with Crippen LogP contribution in [0.3, 0.4) is 0 Å². The molecule has 1 aliphatic rings. The van der Waals surface area contributed by atoms with Gasteiger partial charge in [0, 0.05) is 19.4 Å². The van der Waals surface area contributed by atoms with Crippen molar-refractivity contribution in [3.8, 4) is 0 Å². The maximum atomic E-state index is 5.66. The van der Waals surface area contributed by atoms with Crippen molar-refractivity contribution in [3.05, 3.63) is 49.1 Å². The van der Waals surface area contributed by atoms with Crippen LogP contribution in [0, 0.1) is 0 Å². The Bertz CT molecular complexity index is 519. The largest absolute Gasteiger partial charge is 0.457 e. The highest BCUT2D eigenvalue weighted by Crippen LogP contribution is 2.23. The topological polar surface area (TPSA) is 17.5 Å². The summed E-state index contributed by atoms with van der Waals surface area (Å²) in [4.78, 5) is 0. The van der Waals surface area contributed by atoms with Gasteiger partial charge in [0.2, 0.25) is 0 Å². The summed E-state index contributed by atoms with van der Waals surface area (Å²) in [6.45, 7) is 2.10. The minimum atomic E-state index is -0.268. The smallest absolute Gasteiger partial charge is 0.289 e. The molecular weight excluding hydrogens is 188 g/mol. The van der Waals surface area contributed by atoms with E-state index in [1.165, 1.54) is 0 Å². The Labute approximate surface area is 88.2 Å². The number of nitrogens with zero attached hydrogens (tertiary/aromatic N) is 2. The highest BCUT2D eigenvalue weighted by atomic mass is 16.5. The van der Waals surface area contributed by atoms with Crippen LogP contribution in [0.1, 0.15) is 13.3 Å². The third-order valence-electron chi connectivity index (χ3n) is 2.92. The normalized spacial score (nSPS) is 24.6. The van der Waals surface area contributed by atoms with Crippen molar-refractivity contribution in [1.82, 2.24) is 4.40 Å². The maximum absolute atomic E-state index is 5.66. The molecule has 3 rings (SSSR count). The van der Waals surface area contributed by atoms with Gasteiger partial charge in [-0.05, 0) is 12.1 Å². The van der Waals surface area contributed by atoms with E-state index in [1.54, 1.807) is 6.26 Å².